The highest BCUT2D eigenvalue weighted by Gasteiger charge is 2.14. The van der Waals surface area contributed by atoms with E-state index in [4.69, 9.17) is 4.98 Å². The fraction of sp³-hybridized carbons (Fsp3) is 0.269. The first kappa shape index (κ1) is 19.6. The van der Waals surface area contributed by atoms with Gasteiger partial charge in [0.25, 0.3) is 0 Å². The van der Waals surface area contributed by atoms with Gasteiger partial charge in [-0.25, -0.2) is 4.98 Å². The average Bonchev–Trinajstić information content (AvgIpc) is 3.23. The number of hydrogen-bond donors (Lipinski definition) is 1. The highest BCUT2D eigenvalue weighted by Crippen LogP contribution is 2.32. The normalized spacial score (nSPS) is 14.9. The molecule has 1 aliphatic rings. The summed E-state index contributed by atoms with van der Waals surface area (Å²) in [6.07, 6.45) is 4.02. The van der Waals surface area contributed by atoms with E-state index < -0.39 is 0 Å². The van der Waals surface area contributed by atoms with E-state index in [1.165, 1.54) is 28.1 Å². The summed E-state index contributed by atoms with van der Waals surface area (Å²) in [5.74, 6) is 0. The predicted molar refractivity (Wildman–Crippen MR) is 131 cm³/mol. The summed E-state index contributed by atoms with van der Waals surface area (Å²) in [5.41, 5.74) is 8.14. The molecular formula is C26H29N5. The van der Waals surface area contributed by atoms with Crippen LogP contribution < -0.4 is 9.80 Å². The van der Waals surface area contributed by atoms with Gasteiger partial charge in [-0.2, -0.15) is 0 Å². The van der Waals surface area contributed by atoms with E-state index in [2.05, 4.69) is 102 Å². The lowest BCUT2D eigenvalue weighted by Gasteiger charge is -2.34. The van der Waals surface area contributed by atoms with Gasteiger partial charge in [-0.05, 0) is 48.5 Å². The molecule has 5 rings (SSSR count). The zero-order chi connectivity index (χ0) is 21.4. The van der Waals surface area contributed by atoms with Crippen LogP contribution >= 0.6 is 0 Å². The predicted octanol–water partition coefficient (Wildman–Crippen LogP) is 4.71. The quantitative estimate of drug-likeness (QED) is 0.528. The molecule has 1 N–H and O–H groups in total. The summed E-state index contributed by atoms with van der Waals surface area (Å²) in [4.78, 5) is 15.0. The topological polar surface area (TPSA) is 38.4 Å². The van der Waals surface area contributed by atoms with Crippen molar-refractivity contribution >= 4 is 22.4 Å². The average molecular weight is 412 g/mol. The van der Waals surface area contributed by atoms with Crippen molar-refractivity contribution in [1.82, 2.24) is 14.9 Å². The molecular weight excluding hydrogens is 382 g/mol. The Labute approximate surface area is 183 Å². The van der Waals surface area contributed by atoms with E-state index in [1.807, 2.05) is 6.20 Å². The third kappa shape index (κ3) is 3.89. The molecule has 31 heavy (non-hydrogen) atoms. The van der Waals surface area contributed by atoms with Gasteiger partial charge in [-0.15, -0.1) is 0 Å². The molecule has 158 valence electrons. The van der Waals surface area contributed by atoms with Crippen LogP contribution in [0.2, 0.25) is 0 Å². The van der Waals surface area contributed by atoms with Gasteiger partial charge >= 0.3 is 0 Å². The lowest BCUT2D eigenvalue weighted by atomic mass is 10.0. The molecule has 3 heterocycles. The van der Waals surface area contributed by atoms with Crippen molar-refractivity contribution in [2.24, 2.45) is 0 Å². The number of hydrogen-bond acceptors (Lipinski definition) is 4. The SMILES string of the molecule is CN1CCN(c2ccc(-c3cnc4[nH]cc(-c5ccc(N(C)C)cc5)c4c3)cc2)CC1. The van der Waals surface area contributed by atoms with Gasteiger partial charge in [-0.1, -0.05) is 24.3 Å². The Morgan fingerprint density at radius 2 is 1.52 bits per heavy atom. The van der Waals surface area contributed by atoms with Crippen LogP contribution in [0, 0.1) is 0 Å². The van der Waals surface area contributed by atoms with Crippen molar-refractivity contribution in [2.75, 3.05) is 57.1 Å². The maximum absolute atomic E-state index is 4.69. The number of fused-ring (bicyclic) bond motifs is 1. The molecule has 5 nitrogen and oxygen atoms in total. The lowest BCUT2D eigenvalue weighted by molar-refractivity contribution is 0.313. The van der Waals surface area contributed by atoms with Crippen LogP contribution in [-0.2, 0) is 0 Å². The van der Waals surface area contributed by atoms with Crippen molar-refractivity contribution < 1.29 is 0 Å². The third-order valence-electron chi connectivity index (χ3n) is 6.29. The number of aromatic amines is 1. The van der Waals surface area contributed by atoms with Crippen LogP contribution in [0.5, 0.6) is 0 Å². The minimum Gasteiger partial charge on any atom is -0.378 e. The molecule has 0 amide bonds. The number of likely N-dealkylation sites (N-methyl/N-ethyl adjacent to an activating group) is 1. The van der Waals surface area contributed by atoms with Crippen molar-refractivity contribution in [2.45, 2.75) is 0 Å². The molecule has 0 saturated carbocycles. The minimum absolute atomic E-state index is 0.921. The van der Waals surface area contributed by atoms with Gasteiger partial charge in [-0.3, -0.25) is 0 Å². The molecule has 0 radical (unpaired) electrons. The third-order valence-corrected chi connectivity index (χ3v) is 6.29. The number of benzene rings is 2. The smallest absolute Gasteiger partial charge is 0.137 e. The highest BCUT2D eigenvalue weighted by atomic mass is 15.2. The van der Waals surface area contributed by atoms with E-state index >= 15 is 0 Å². The molecule has 0 atom stereocenters. The molecule has 0 spiro atoms. The maximum atomic E-state index is 4.69. The Morgan fingerprint density at radius 1 is 0.839 bits per heavy atom. The maximum Gasteiger partial charge on any atom is 0.137 e. The number of pyridine rings is 1. The minimum atomic E-state index is 0.921. The van der Waals surface area contributed by atoms with Gasteiger partial charge < -0.3 is 19.7 Å². The van der Waals surface area contributed by atoms with Crippen molar-refractivity contribution in [3.05, 3.63) is 67.0 Å². The van der Waals surface area contributed by atoms with Crippen LogP contribution in [0.15, 0.2) is 67.0 Å². The van der Waals surface area contributed by atoms with E-state index in [-0.39, 0.29) is 0 Å². The van der Waals surface area contributed by atoms with Gasteiger partial charge in [0.1, 0.15) is 5.65 Å². The van der Waals surface area contributed by atoms with E-state index in [0.717, 1.165) is 42.8 Å². The number of aromatic nitrogens is 2. The second-order valence-electron chi connectivity index (χ2n) is 8.60. The van der Waals surface area contributed by atoms with E-state index in [0.29, 0.717) is 0 Å². The monoisotopic (exact) mass is 411 g/mol. The zero-order valence-corrected chi connectivity index (χ0v) is 18.5. The van der Waals surface area contributed by atoms with Gasteiger partial charge in [0.2, 0.25) is 0 Å². The molecule has 1 aliphatic heterocycles. The van der Waals surface area contributed by atoms with E-state index in [9.17, 15) is 0 Å². The zero-order valence-electron chi connectivity index (χ0n) is 18.5. The molecule has 4 aromatic rings. The summed E-state index contributed by atoms with van der Waals surface area (Å²) >= 11 is 0. The molecule has 2 aromatic heterocycles. The Hall–Kier alpha value is -3.31. The number of anilines is 2. The fourth-order valence-electron chi connectivity index (χ4n) is 4.27. The fourth-order valence-corrected chi connectivity index (χ4v) is 4.27. The molecule has 1 saturated heterocycles. The largest absolute Gasteiger partial charge is 0.378 e. The molecule has 5 heteroatoms. The second-order valence-corrected chi connectivity index (χ2v) is 8.60. The van der Waals surface area contributed by atoms with Crippen molar-refractivity contribution in [3.63, 3.8) is 0 Å². The first-order chi connectivity index (χ1) is 15.1. The Bertz CT molecular complexity index is 1170. The van der Waals surface area contributed by atoms with Crippen molar-refractivity contribution in [3.8, 4) is 22.3 Å². The molecule has 1 fully saturated rings. The van der Waals surface area contributed by atoms with Crippen LogP contribution in [0.1, 0.15) is 0 Å². The summed E-state index contributed by atoms with van der Waals surface area (Å²) < 4.78 is 0. The van der Waals surface area contributed by atoms with E-state index in [1.54, 1.807) is 0 Å². The van der Waals surface area contributed by atoms with Crippen LogP contribution in [-0.4, -0.2) is 62.2 Å². The highest BCUT2D eigenvalue weighted by molar-refractivity contribution is 5.96. The Kier molecular flexibility index (Phi) is 5.12. The van der Waals surface area contributed by atoms with Crippen LogP contribution in [0.4, 0.5) is 11.4 Å². The first-order valence-electron chi connectivity index (χ1n) is 10.9. The summed E-state index contributed by atoms with van der Waals surface area (Å²) in [7, 11) is 6.31. The summed E-state index contributed by atoms with van der Waals surface area (Å²) in [6, 6.07) is 19.8. The summed E-state index contributed by atoms with van der Waals surface area (Å²) in [6.45, 7) is 4.41. The summed E-state index contributed by atoms with van der Waals surface area (Å²) in [5, 5.41) is 1.15. The number of H-pyrrole nitrogens is 1. The van der Waals surface area contributed by atoms with Crippen molar-refractivity contribution in [1.29, 1.82) is 0 Å². The van der Waals surface area contributed by atoms with Gasteiger partial charge in [0, 0.05) is 80.6 Å². The Morgan fingerprint density at radius 3 is 2.19 bits per heavy atom. The van der Waals surface area contributed by atoms with Crippen LogP contribution in [0.3, 0.4) is 0 Å². The molecule has 2 aromatic carbocycles. The number of nitrogens with one attached hydrogen (secondary N) is 1. The standard InChI is InChI=1S/C26H29N5/c1-29(2)22-8-6-20(7-9-22)25-18-28-26-24(25)16-21(17-27-26)19-4-10-23(11-5-19)31-14-12-30(3)13-15-31/h4-11,16-18H,12-15H2,1-3H3,(H,27,28). The van der Waals surface area contributed by atoms with Gasteiger partial charge in [0.15, 0.2) is 0 Å². The molecule has 0 bridgehead atoms. The molecule has 0 aliphatic carbocycles. The number of nitrogens with zero attached hydrogens (tertiary/aromatic N) is 4. The van der Waals surface area contributed by atoms with Gasteiger partial charge in [0.05, 0.1) is 0 Å². The number of rotatable bonds is 4. The number of piperazine rings is 1. The molecule has 0 unspecified atom stereocenters. The van der Waals surface area contributed by atoms with Crippen LogP contribution in [0.25, 0.3) is 33.3 Å². The first-order valence-corrected chi connectivity index (χ1v) is 10.9. The second kappa shape index (κ2) is 8.08. The Balaban J connectivity index is 1.44. The lowest BCUT2D eigenvalue weighted by Crippen LogP contribution is -2.44.